The monoisotopic (exact) mass is 325 g/mol. The highest BCUT2D eigenvalue weighted by Crippen LogP contribution is 2.39. The van der Waals surface area contributed by atoms with Gasteiger partial charge in [-0.05, 0) is 60.4 Å². The molecule has 2 aromatic carbocycles. The van der Waals surface area contributed by atoms with Crippen molar-refractivity contribution in [3.05, 3.63) is 59.0 Å². The Labute approximate surface area is 146 Å². The topological polar surface area (TPSA) is 12.9 Å². The molecule has 0 spiro atoms. The van der Waals surface area contributed by atoms with Crippen LogP contribution in [0, 0.1) is 0 Å². The first-order chi connectivity index (χ1) is 11.8. The average Bonchev–Trinajstić information content (AvgIpc) is 3.10. The van der Waals surface area contributed by atoms with Gasteiger partial charge in [-0.3, -0.25) is 0 Å². The summed E-state index contributed by atoms with van der Waals surface area (Å²) in [5, 5.41) is 4.93. The van der Waals surface area contributed by atoms with Crippen LogP contribution in [0.2, 0.25) is 0 Å². The molecule has 114 valence electrons. The van der Waals surface area contributed by atoms with Crippen LogP contribution in [0.3, 0.4) is 0 Å². The van der Waals surface area contributed by atoms with Crippen LogP contribution in [0.5, 0.6) is 0 Å². The van der Waals surface area contributed by atoms with Crippen LogP contribution in [-0.4, -0.2) is 12.8 Å². The molecule has 0 atom stereocenters. The van der Waals surface area contributed by atoms with Gasteiger partial charge in [-0.2, -0.15) is 0 Å². The fraction of sp³-hybridized carbons (Fsp3) is 0.190. The summed E-state index contributed by atoms with van der Waals surface area (Å²) in [6.45, 7) is 0. The molecule has 0 aliphatic heterocycles. The molecule has 1 nitrogen and oxygen atoms in total. The molecule has 0 amide bonds. The average molecular weight is 325 g/mol. The number of fused-ring (bicyclic) bond motifs is 5. The number of aryl methyl sites for hydroxylation is 1. The van der Waals surface area contributed by atoms with Crippen molar-refractivity contribution in [3.63, 3.8) is 0 Å². The zero-order chi connectivity index (χ0) is 16.1. The minimum Gasteiger partial charge on any atom is -0.247 e. The molecule has 2 radical (unpaired) electrons. The molecule has 0 saturated heterocycles. The number of nitrogens with zero attached hydrogens (tertiary/aromatic N) is 1. The van der Waals surface area contributed by atoms with Crippen molar-refractivity contribution in [2.45, 2.75) is 25.7 Å². The summed E-state index contributed by atoms with van der Waals surface area (Å²) in [5.74, 6) is 0. The fourth-order valence-corrected chi connectivity index (χ4v) is 4.75. The minimum absolute atomic E-state index is 0.799. The van der Waals surface area contributed by atoms with Crippen LogP contribution in [0.25, 0.3) is 32.2 Å². The van der Waals surface area contributed by atoms with Crippen molar-refractivity contribution in [1.29, 1.82) is 0 Å². The first-order valence-corrected chi connectivity index (χ1v) is 9.37. The van der Waals surface area contributed by atoms with Crippen molar-refractivity contribution in [3.8, 4) is 11.3 Å². The predicted octanol–water partition coefficient (Wildman–Crippen LogP) is 4.79. The van der Waals surface area contributed by atoms with Gasteiger partial charge in [0.15, 0.2) is 0 Å². The normalized spacial score (nSPS) is 14.2. The molecule has 0 fully saturated rings. The van der Waals surface area contributed by atoms with Crippen molar-refractivity contribution >= 4 is 45.6 Å². The molecular weight excluding hydrogens is 309 g/mol. The Hall–Kier alpha value is -2.13. The molecule has 1 aliphatic rings. The standard InChI is InChI=1S/C21H16BNS/c22-14-7-5-13(6-8-14)21-16-4-2-1-3-15(16)20-17-11-12-24-19(17)10-9-18(20)23-21/h5-12H,1-4H2. The van der Waals surface area contributed by atoms with Gasteiger partial charge in [0, 0.05) is 21.0 Å². The van der Waals surface area contributed by atoms with Crippen molar-refractivity contribution < 1.29 is 0 Å². The van der Waals surface area contributed by atoms with E-state index in [-0.39, 0.29) is 0 Å². The second kappa shape index (κ2) is 5.46. The van der Waals surface area contributed by atoms with Crippen molar-refractivity contribution in [2.75, 3.05) is 0 Å². The molecule has 24 heavy (non-hydrogen) atoms. The third-order valence-corrected chi connectivity index (χ3v) is 5.97. The number of pyridine rings is 1. The lowest BCUT2D eigenvalue weighted by atomic mass is 9.85. The maximum absolute atomic E-state index is 5.86. The molecule has 1 aliphatic carbocycles. The zero-order valence-electron chi connectivity index (χ0n) is 13.4. The second-order valence-electron chi connectivity index (χ2n) is 6.54. The van der Waals surface area contributed by atoms with E-state index in [4.69, 9.17) is 12.8 Å². The molecule has 0 N–H and O–H groups in total. The fourth-order valence-electron chi connectivity index (χ4n) is 3.95. The van der Waals surface area contributed by atoms with Crippen molar-refractivity contribution in [2.24, 2.45) is 0 Å². The summed E-state index contributed by atoms with van der Waals surface area (Å²) in [6, 6.07) is 14.8. The number of thiophene rings is 1. The van der Waals surface area contributed by atoms with E-state index in [9.17, 15) is 0 Å². The van der Waals surface area contributed by atoms with E-state index in [2.05, 4.69) is 35.7 Å². The molecule has 0 bridgehead atoms. The molecule has 0 saturated carbocycles. The van der Waals surface area contributed by atoms with E-state index in [0.29, 0.717) is 0 Å². The second-order valence-corrected chi connectivity index (χ2v) is 7.49. The van der Waals surface area contributed by atoms with Crippen LogP contribution in [0.15, 0.2) is 47.8 Å². The van der Waals surface area contributed by atoms with Gasteiger partial charge < -0.3 is 0 Å². The smallest absolute Gasteiger partial charge is 0.113 e. The summed E-state index contributed by atoms with van der Waals surface area (Å²) < 4.78 is 1.36. The van der Waals surface area contributed by atoms with E-state index in [1.165, 1.54) is 45.0 Å². The highest BCUT2D eigenvalue weighted by atomic mass is 32.1. The summed E-state index contributed by atoms with van der Waals surface area (Å²) in [7, 11) is 5.86. The van der Waals surface area contributed by atoms with Gasteiger partial charge in [0.05, 0.1) is 11.2 Å². The summed E-state index contributed by atoms with van der Waals surface area (Å²) >= 11 is 1.81. The van der Waals surface area contributed by atoms with Gasteiger partial charge in [-0.25, -0.2) is 4.98 Å². The number of hydrogen-bond donors (Lipinski definition) is 0. The van der Waals surface area contributed by atoms with Gasteiger partial charge in [0.2, 0.25) is 0 Å². The Morgan fingerprint density at radius 1 is 0.875 bits per heavy atom. The third kappa shape index (κ3) is 2.11. The molecule has 5 rings (SSSR count). The molecule has 4 aromatic rings. The largest absolute Gasteiger partial charge is 0.247 e. The van der Waals surface area contributed by atoms with Gasteiger partial charge in [-0.15, -0.1) is 11.3 Å². The number of rotatable bonds is 1. The Morgan fingerprint density at radius 3 is 2.50 bits per heavy atom. The molecule has 0 unspecified atom stereocenters. The number of benzene rings is 2. The summed E-state index contributed by atoms with van der Waals surface area (Å²) in [6.07, 6.45) is 4.80. The van der Waals surface area contributed by atoms with Gasteiger partial charge >= 0.3 is 0 Å². The van der Waals surface area contributed by atoms with E-state index >= 15 is 0 Å². The van der Waals surface area contributed by atoms with E-state index in [1.54, 1.807) is 0 Å². The van der Waals surface area contributed by atoms with Crippen LogP contribution in [-0.2, 0) is 12.8 Å². The first kappa shape index (κ1) is 14.2. The Kier molecular flexibility index (Phi) is 3.24. The summed E-state index contributed by atoms with van der Waals surface area (Å²) in [4.78, 5) is 5.08. The third-order valence-electron chi connectivity index (χ3n) is 5.09. The minimum atomic E-state index is 0.799. The van der Waals surface area contributed by atoms with E-state index in [1.807, 2.05) is 23.5 Å². The molecule has 2 heterocycles. The zero-order valence-corrected chi connectivity index (χ0v) is 14.2. The quantitative estimate of drug-likeness (QED) is 0.459. The molecule has 2 aromatic heterocycles. The highest BCUT2D eigenvalue weighted by molar-refractivity contribution is 7.17. The number of aromatic nitrogens is 1. The van der Waals surface area contributed by atoms with Gasteiger partial charge in [0.25, 0.3) is 0 Å². The van der Waals surface area contributed by atoms with Crippen LogP contribution < -0.4 is 5.46 Å². The first-order valence-electron chi connectivity index (χ1n) is 8.49. The Morgan fingerprint density at radius 2 is 1.67 bits per heavy atom. The van der Waals surface area contributed by atoms with E-state index < -0.39 is 0 Å². The SMILES string of the molecule is [B]c1ccc(-c2nc3ccc4sccc4c3c3c2CCCC3)cc1. The van der Waals surface area contributed by atoms with Gasteiger partial charge in [0.1, 0.15) is 7.85 Å². The summed E-state index contributed by atoms with van der Waals surface area (Å²) in [5.41, 5.74) is 7.20. The van der Waals surface area contributed by atoms with Gasteiger partial charge in [-0.1, -0.05) is 29.7 Å². The van der Waals surface area contributed by atoms with Crippen LogP contribution >= 0.6 is 11.3 Å². The maximum Gasteiger partial charge on any atom is 0.113 e. The molecule has 3 heteroatoms. The van der Waals surface area contributed by atoms with Crippen LogP contribution in [0.1, 0.15) is 24.0 Å². The predicted molar refractivity (Wildman–Crippen MR) is 105 cm³/mol. The van der Waals surface area contributed by atoms with Crippen molar-refractivity contribution in [1.82, 2.24) is 4.98 Å². The highest BCUT2D eigenvalue weighted by Gasteiger charge is 2.20. The van der Waals surface area contributed by atoms with E-state index in [0.717, 1.165) is 29.5 Å². The lowest BCUT2D eigenvalue weighted by molar-refractivity contribution is 0.689. The Bertz CT molecular complexity index is 1060. The lowest BCUT2D eigenvalue weighted by Crippen LogP contribution is -2.08. The number of hydrogen-bond acceptors (Lipinski definition) is 2. The lowest BCUT2D eigenvalue weighted by Gasteiger charge is -2.22. The van der Waals surface area contributed by atoms with Crippen LogP contribution in [0.4, 0.5) is 0 Å². The maximum atomic E-state index is 5.86. The molecular formula is C21H16BNS. The Balaban J connectivity index is 1.88.